The molecule has 6 rings (SSSR count). The zero-order valence-electron chi connectivity index (χ0n) is 33.2. The Morgan fingerprint density at radius 3 is 2.29 bits per heavy atom. The van der Waals surface area contributed by atoms with Crippen LogP contribution in [0.1, 0.15) is 80.1 Å². The number of halogens is 2. The van der Waals surface area contributed by atoms with Crippen LogP contribution < -0.4 is 10.6 Å². The first kappa shape index (κ1) is 41.2. The van der Waals surface area contributed by atoms with Crippen LogP contribution in [-0.2, 0) is 14.8 Å². The maximum atomic E-state index is 15.1. The van der Waals surface area contributed by atoms with E-state index in [1.54, 1.807) is 22.2 Å². The third kappa shape index (κ3) is 10.3. The minimum absolute atomic E-state index is 0.00424. The molecule has 5 heterocycles. The van der Waals surface area contributed by atoms with Crippen molar-refractivity contribution in [3.63, 3.8) is 0 Å². The van der Waals surface area contributed by atoms with E-state index in [9.17, 15) is 13.2 Å². The summed E-state index contributed by atoms with van der Waals surface area (Å²) in [6, 6.07) is 3.17. The molecular weight excluding hydrogens is 729 g/mol. The predicted octanol–water partition coefficient (Wildman–Crippen LogP) is 5.97. The molecule has 4 fully saturated rings. The second-order valence-corrected chi connectivity index (χ2v) is 19.0. The Labute approximate surface area is 325 Å². The third-order valence-corrected chi connectivity index (χ3v) is 13.5. The monoisotopic (exact) mass is 787 g/mol. The number of benzene rings is 1. The Kier molecular flexibility index (Phi) is 13.0. The highest BCUT2D eigenvalue weighted by Gasteiger charge is 2.40. The molecule has 0 radical (unpaired) electrons. The van der Waals surface area contributed by atoms with Crippen LogP contribution in [0.2, 0.25) is 0 Å². The number of likely N-dealkylation sites (tertiary alicyclic amines) is 3. The lowest BCUT2D eigenvalue weighted by molar-refractivity contribution is -0.0228. The number of aromatic nitrogens is 2. The first-order valence-corrected chi connectivity index (χ1v) is 21.4. The van der Waals surface area contributed by atoms with Crippen LogP contribution in [0.15, 0.2) is 23.3 Å². The fourth-order valence-corrected chi connectivity index (χ4v) is 10.1. The van der Waals surface area contributed by atoms with Crippen LogP contribution in [0.4, 0.5) is 30.9 Å². The molecule has 0 unspecified atom stereocenters. The van der Waals surface area contributed by atoms with E-state index in [-0.39, 0.29) is 46.3 Å². The van der Waals surface area contributed by atoms with Gasteiger partial charge in [0.2, 0.25) is 16.0 Å². The molecule has 1 amide bonds. The van der Waals surface area contributed by atoms with Crippen LogP contribution in [0.5, 0.6) is 0 Å². The summed E-state index contributed by atoms with van der Waals surface area (Å²) >= 11 is 0. The van der Waals surface area contributed by atoms with Crippen molar-refractivity contribution in [3.05, 3.63) is 30.0 Å². The number of ether oxygens (including phenoxy) is 1. The molecule has 55 heavy (non-hydrogen) atoms. The number of nitrogens with one attached hydrogen (secondary N) is 2. The van der Waals surface area contributed by atoms with Crippen molar-refractivity contribution in [2.24, 2.45) is 10.9 Å². The number of sulfonamides is 1. The molecule has 0 spiro atoms. The Balaban J connectivity index is 0.941. The lowest BCUT2D eigenvalue weighted by atomic mass is 9.93. The molecule has 16 heteroatoms. The van der Waals surface area contributed by atoms with E-state index in [0.29, 0.717) is 56.4 Å². The van der Waals surface area contributed by atoms with E-state index < -0.39 is 27.3 Å². The summed E-state index contributed by atoms with van der Waals surface area (Å²) in [4.78, 5) is 31.7. The third-order valence-electron chi connectivity index (χ3n) is 11.1. The largest absolute Gasteiger partial charge is 0.444 e. The summed E-state index contributed by atoms with van der Waals surface area (Å²) in [5.74, 6) is -0.469. The number of carbonyl (C=O) groups excluding carboxylic acids is 1. The highest BCUT2D eigenvalue weighted by atomic mass is 32.2. The molecule has 4 aliphatic rings. The van der Waals surface area contributed by atoms with Gasteiger partial charge in [0.1, 0.15) is 17.0 Å². The highest BCUT2D eigenvalue weighted by molar-refractivity contribution is 7.89. The fraction of sp³-hybridized carbons (Fsp3) is 0.692. The maximum Gasteiger partial charge on any atom is 0.410 e. The van der Waals surface area contributed by atoms with Crippen molar-refractivity contribution >= 4 is 39.7 Å². The van der Waals surface area contributed by atoms with Crippen LogP contribution in [0.3, 0.4) is 0 Å². The molecular formula is C39H59F2N9O4S. The van der Waals surface area contributed by atoms with Gasteiger partial charge < -0.3 is 25.2 Å². The van der Waals surface area contributed by atoms with Gasteiger partial charge in [-0.25, -0.2) is 36.3 Å². The van der Waals surface area contributed by atoms with E-state index in [4.69, 9.17) is 4.74 Å². The average Bonchev–Trinajstić information content (AvgIpc) is 3.10. The average molecular weight is 788 g/mol. The van der Waals surface area contributed by atoms with Gasteiger partial charge in [0.05, 0.1) is 17.1 Å². The number of amides is 1. The molecule has 13 nitrogen and oxygen atoms in total. The van der Waals surface area contributed by atoms with E-state index >= 15 is 8.78 Å². The van der Waals surface area contributed by atoms with Gasteiger partial charge in [0.25, 0.3) is 0 Å². The van der Waals surface area contributed by atoms with E-state index in [1.165, 1.54) is 12.3 Å². The van der Waals surface area contributed by atoms with Crippen molar-refractivity contribution in [1.29, 1.82) is 0 Å². The molecule has 0 bridgehead atoms. The lowest BCUT2D eigenvalue weighted by Crippen LogP contribution is -2.62. The zero-order valence-corrected chi connectivity index (χ0v) is 34.0. The van der Waals surface area contributed by atoms with Crippen molar-refractivity contribution < 1.29 is 26.7 Å². The predicted molar refractivity (Wildman–Crippen MR) is 212 cm³/mol. The molecule has 2 N–H and O–H groups in total. The quantitative estimate of drug-likeness (QED) is 0.263. The van der Waals surface area contributed by atoms with E-state index in [2.05, 4.69) is 35.4 Å². The van der Waals surface area contributed by atoms with Gasteiger partial charge in [-0.2, -0.15) is 0 Å². The van der Waals surface area contributed by atoms with Crippen LogP contribution in [-0.4, -0.2) is 138 Å². The second kappa shape index (κ2) is 17.3. The van der Waals surface area contributed by atoms with Gasteiger partial charge in [-0.05, 0) is 124 Å². The Bertz CT molecular complexity index is 1780. The summed E-state index contributed by atoms with van der Waals surface area (Å²) in [7, 11) is -3.44. The van der Waals surface area contributed by atoms with Gasteiger partial charge in [0.15, 0.2) is 11.6 Å². The number of aliphatic imine (C=N–C) groups is 1. The fourth-order valence-electron chi connectivity index (χ4n) is 8.12. The number of nitrogens with zero attached hydrogens (tertiary/aromatic N) is 7. The smallest absolute Gasteiger partial charge is 0.410 e. The summed E-state index contributed by atoms with van der Waals surface area (Å²) in [6.45, 7) is 18.1. The molecule has 2 aromatic rings. The Morgan fingerprint density at radius 1 is 1.00 bits per heavy atom. The second-order valence-electron chi connectivity index (χ2n) is 16.8. The van der Waals surface area contributed by atoms with Crippen molar-refractivity contribution in [2.75, 3.05) is 69.5 Å². The SMILES string of the molecule is CC=Nc1c(F)cc(-c2nc(NC3CCN(S(=O)(=O)C4CCN(CC5CCN(C6CN(C(=O)OC(C)(C)C)C6)CC5)CC4)CC3)ncc2F)cc1NC(C)C. The molecule has 1 aromatic carbocycles. The molecule has 0 saturated carbocycles. The summed E-state index contributed by atoms with van der Waals surface area (Å²) in [5, 5.41) is 6.06. The first-order valence-electron chi connectivity index (χ1n) is 19.9. The van der Waals surface area contributed by atoms with Crippen molar-refractivity contribution in [2.45, 2.75) is 109 Å². The van der Waals surface area contributed by atoms with Crippen LogP contribution in [0, 0.1) is 17.6 Å². The number of carbonyl (C=O) groups is 1. The molecule has 1 aromatic heterocycles. The Morgan fingerprint density at radius 2 is 1.67 bits per heavy atom. The van der Waals surface area contributed by atoms with E-state index in [0.717, 1.165) is 64.9 Å². The van der Waals surface area contributed by atoms with Gasteiger partial charge in [-0.1, -0.05) is 0 Å². The highest BCUT2D eigenvalue weighted by Crippen LogP contribution is 2.35. The van der Waals surface area contributed by atoms with Gasteiger partial charge in [0, 0.05) is 62.6 Å². The number of anilines is 2. The van der Waals surface area contributed by atoms with Gasteiger partial charge in [-0.15, -0.1) is 0 Å². The van der Waals surface area contributed by atoms with Gasteiger partial charge >= 0.3 is 6.09 Å². The summed E-state index contributed by atoms with van der Waals surface area (Å²) in [5.41, 5.74) is 0.327. The first-order chi connectivity index (χ1) is 26.1. The molecule has 0 atom stereocenters. The van der Waals surface area contributed by atoms with Crippen LogP contribution >= 0.6 is 0 Å². The zero-order chi connectivity index (χ0) is 39.5. The topological polar surface area (TPSA) is 136 Å². The Hall–Kier alpha value is -3.47. The molecule has 4 aliphatic heterocycles. The number of piperidine rings is 3. The van der Waals surface area contributed by atoms with E-state index in [1.807, 2.05) is 34.6 Å². The number of hydrogen-bond donors (Lipinski definition) is 2. The minimum atomic E-state index is -3.44. The summed E-state index contributed by atoms with van der Waals surface area (Å²) in [6.07, 6.45) is 6.97. The van der Waals surface area contributed by atoms with Gasteiger partial charge in [-0.3, -0.25) is 9.89 Å². The number of hydrogen-bond acceptors (Lipinski definition) is 11. The molecule has 304 valence electrons. The van der Waals surface area contributed by atoms with Crippen LogP contribution in [0.25, 0.3) is 11.3 Å². The minimum Gasteiger partial charge on any atom is -0.444 e. The van der Waals surface area contributed by atoms with Crippen molar-refractivity contribution in [3.8, 4) is 11.3 Å². The van der Waals surface area contributed by atoms with Crippen molar-refractivity contribution in [1.82, 2.24) is 29.0 Å². The molecule has 0 aliphatic carbocycles. The maximum absolute atomic E-state index is 15.1. The molecule has 4 saturated heterocycles. The summed E-state index contributed by atoms with van der Waals surface area (Å²) < 4.78 is 64.7. The lowest BCUT2D eigenvalue weighted by Gasteiger charge is -2.48. The standard InChI is InChI=1S/C39H59F2N9O4S/c1-7-42-36-32(40)20-28(21-34(36)44-26(2)3)35-33(41)22-43-37(46-35)45-29-10-18-50(19-11-29)55(52,53)31-12-14-47(15-13-31)23-27-8-16-48(17-9-27)30-24-49(25-30)38(51)54-39(4,5)6/h7,20-22,26-27,29-31,44H,8-19,23-25H2,1-6H3,(H,43,45,46). The number of rotatable bonds is 11. The normalized spacial score (nSPS) is 21.0.